The zero-order valence-electron chi connectivity index (χ0n) is 8.69. The van der Waals surface area contributed by atoms with Gasteiger partial charge in [0.15, 0.2) is 0 Å². The van der Waals surface area contributed by atoms with Crippen LogP contribution in [0.25, 0.3) is 0 Å². The third-order valence-corrected chi connectivity index (χ3v) is 2.26. The molecule has 0 unspecified atom stereocenters. The van der Waals surface area contributed by atoms with Gasteiger partial charge in [-0.3, -0.25) is 0 Å². The van der Waals surface area contributed by atoms with Crippen molar-refractivity contribution in [1.29, 1.82) is 0 Å². The van der Waals surface area contributed by atoms with Gasteiger partial charge in [0.05, 0.1) is 0 Å². The van der Waals surface area contributed by atoms with Crippen molar-refractivity contribution in [3.8, 4) is 0 Å². The van der Waals surface area contributed by atoms with Crippen LogP contribution < -0.4 is 0 Å². The van der Waals surface area contributed by atoms with E-state index in [0.29, 0.717) is 0 Å². The Bertz CT molecular complexity index is 161. The molecule has 0 saturated heterocycles. The largest absolute Gasteiger partial charge is 0.0853 e. The minimum Gasteiger partial charge on any atom is -0.0853 e. The average molecular weight is 165 g/mol. The molecule has 0 bridgehead atoms. The maximum atomic E-state index is 3.79. The Labute approximate surface area is 77.4 Å². The van der Waals surface area contributed by atoms with Crippen molar-refractivity contribution in [2.45, 2.75) is 46.5 Å². The zero-order chi connectivity index (χ0) is 9.40. The zero-order valence-corrected chi connectivity index (χ0v) is 8.69. The first kappa shape index (κ1) is 11.5. The van der Waals surface area contributed by atoms with Gasteiger partial charge >= 0.3 is 0 Å². The number of allylic oxidation sites excluding steroid dienone is 4. The molecule has 0 rings (SSSR count). The van der Waals surface area contributed by atoms with Gasteiger partial charge in [-0.1, -0.05) is 37.1 Å². The maximum absolute atomic E-state index is 3.79. The highest BCUT2D eigenvalue weighted by Gasteiger charge is 1.91. The lowest BCUT2D eigenvalue weighted by atomic mass is 10.1. The molecule has 0 heterocycles. The van der Waals surface area contributed by atoms with Crippen LogP contribution in [0, 0.1) is 6.92 Å². The summed E-state index contributed by atoms with van der Waals surface area (Å²) in [7, 11) is 0. The van der Waals surface area contributed by atoms with Gasteiger partial charge in [0.25, 0.3) is 0 Å². The highest BCUT2D eigenvalue weighted by molar-refractivity contribution is 5.06. The van der Waals surface area contributed by atoms with Gasteiger partial charge in [0.1, 0.15) is 0 Å². The predicted molar refractivity (Wildman–Crippen MR) is 57.0 cm³/mol. The van der Waals surface area contributed by atoms with Crippen LogP contribution in [0.4, 0.5) is 0 Å². The van der Waals surface area contributed by atoms with E-state index >= 15 is 0 Å². The normalized spacial score (nSPS) is 13.7. The number of hydrogen-bond acceptors (Lipinski definition) is 0. The summed E-state index contributed by atoms with van der Waals surface area (Å²) in [6.45, 7) is 10.4. The molecule has 0 spiro atoms. The van der Waals surface area contributed by atoms with Crippen molar-refractivity contribution < 1.29 is 0 Å². The lowest BCUT2D eigenvalue weighted by Gasteiger charge is -2.01. The molecule has 0 nitrogen and oxygen atoms in total. The Kier molecular flexibility index (Phi) is 6.84. The lowest BCUT2D eigenvalue weighted by molar-refractivity contribution is 0.896. The predicted octanol–water partition coefficient (Wildman–Crippen LogP) is 4.29. The number of hydrogen-bond donors (Lipinski definition) is 0. The third kappa shape index (κ3) is 5.17. The Morgan fingerprint density at radius 2 is 1.92 bits per heavy atom. The molecule has 0 amide bonds. The van der Waals surface area contributed by atoms with Gasteiger partial charge in [0, 0.05) is 0 Å². The van der Waals surface area contributed by atoms with Gasteiger partial charge in [0.2, 0.25) is 0 Å². The summed E-state index contributed by atoms with van der Waals surface area (Å²) in [5.41, 5.74) is 2.96. The Balaban J connectivity index is 3.68. The quantitative estimate of drug-likeness (QED) is 0.533. The highest BCUT2D eigenvalue weighted by atomic mass is 14.0. The van der Waals surface area contributed by atoms with Crippen molar-refractivity contribution in [3.05, 3.63) is 30.2 Å². The molecule has 12 heavy (non-hydrogen) atoms. The summed E-state index contributed by atoms with van der Waals surface area (Å²) in [6.07, 6.45) is 9.00. The molecule has 0 aliphatic heterocycles. The van der Waals surface area contributed by atoms with E-state index in [1.165, 1.54) is 30.4 Å². The summed E-state index contributed by atoms with van der Waals surface area (Å²) < 4.78 is 0. The molecule has 0 aliphatic carbocycles. The molecule has 0 aromatic rings. The van der Waals surface area contributed by atoms with E-state index in [2.05, 4.69) is 33.8 Å². The fourth-order valence-corrected chi connectivity index (χ4v) is 1.07. The van der Waals surface area contributed by atoms with Crippen LogP contribution in [0.1, 0.15) is 46.5 Å². The van der Waals surface area contributed by atoms with E-state index < -0.39 is 0 Å². The van der Waals surface area contributed by atoms with Crippen molar-refractivity contribution in [3.63, 3.8) is 0 Å². The Hall–Kier alpha value is -0.520. The van der Waals surface area contributed by atoms with Crippen molar-refractivity contribution in [1.82, 2.24) is 0 Å². The van der Waals surface area contributed by atoms with Crippen molar-refractivity contribution in [2.75, 3.05) is 0 Å². The smallest absolute Gasteiger partial charge is 0.0286 e. The first-order valence-electron chi connectivity index (χ1n) is 4.87. The Morgan fingerprint density at radius 1 is 1.25 bits per heavy atom. The van der Waals surface area contributed by atoms with Crippen LogP contribution in [0.3, 0.4) is 0 Å². The molecule has 0 saturated carbocycles. The second-order valence-corrected chi connectivity index (χ2v) is 3.16. The van der Waals surface area contributed by atoms with Gasteiger partial charge in [-0.05, 0) is 39.5 Å². The SMILES string of the molecule is [CH2]/C=C(\CC)CC/C=C(\C)CC. The fraction of sp³-hybridized carbons (Fsp3) is 0.583. The fourth-order valence-electron chi connectivity index (χ4n) is 1.07. The second-order valence-electron chi connectivity index (χ2n) is 3.16. The third-order valence-electron chi connectivity index (χ3n) is 2.26. The molecular formula is C12H21. The minimum atomic E-state index is 1.14. The lowest BCUT2D eigenvalue weighted by Crippen LogP contribution is -1.80. The summed E-state index contributed by atoms with van der Waals surface area (Å²) in [5, 5.41) is 0. The van der Waals surface area contributed by atoms with E-state index in [4.69, 9.17) is 0 Å². The number of rotatable bonds is 5. The molecule has 1 radical (unpaired) electrons. The first-order valence-corrected chi connectivity index (χ1v) is 4.87. The van der Waals surface area contributed by atoms with Crippen LogP contribution in [0.15, 0.2) is 23.3 Å². The van der Waals surface area contributed by atoms with Crippen molar-refractivity contribution in [2.24, 2.45) is 0 Å². The van der Waals surface area contributed by atoms with Gasteiger partial charge < -0.3 is 0 Å². The van der Waals surface area contributed by atoms with E-state index in [1.54, 1.807) is 0 Å². The summed E-state index contributed by atoms with van der Waals surface area (Å²) >= 11 is 0. The van der Waals surface area contributed by atoms with Crippen LogP contribution in [-0.2, 0) is 0 Å². The van der Waals surface area contributed by atoms with Gasteiger partial charge in [-0.25, -0.2) is 0 Å². The monoisotopic (exact) mass is 165 g/mol. The van der Waals surface area contributed by atoms with Crippen LogP contribution >= 0.6 is 0 Å². The Morgan fingerprint density at radius 3 is 2.33 bits per heavy atom. The van der Waals surface area contributed by atoms with Gasteiger partial charge in [-0.2, -0.15) is 0 Å². The minimum absolute atomic E-state index is 1.14. The molecular weight excluding hydrogens is 144 g/mol. The van der Waals surface area contributed by atoms with Crippen LogP contribution in [-0.4, -0.2) is 0 Å². The molecule has 0 heteroatoms. The molecule has 0 atom stereocenters. The summed E-state index contributed by atoms with van der Waals surface area (Å²) in [6, 6.07) is 0. The molecule has 0 N–H and O–H groups in total. The highest BCUT2D eigenvalue weighted by Crippen LogP contribution is 2.11. The van der Waals surface area contributed by atoms with Crippen LogP contribution in [0.2, 0.25) is 0 Å². The van der Waals surface area contributed by atoms with E-state index in [0.717, 1.165) is 6.42 Å². The van der Waals surface area contributed by atoms with E-state index in [1.807, 2.05) is 6.08 Å². The molecule has 0 fully saturated rings. The summed E-state index contributed by atoms with van der Waals surface area (Å²) in [5.74, 6) is 0. The van der Waals surface area contributed by atoms with E-state index in [9.17, 15) is 0 Å². The second kappa shape index (κ2) is 7.15. The molecule has 0 aromatic heterocycles. The molecule has 69 valence electrons. The average Bonchev–Trinajstić information content (AvgIpc) is 2.12. The maximum Gasteiger partial charge on any atom is -0.0286 e. The van der Waals surface area contributed by atoms with E-state index in [-0.39, 0.29) is 0 Å². The van der Waals surface area contributed by atoms with Crippen molar-refractivity contribution >= 4 is 0 Å². The first-order chi connectivity index (χ1) is 5.74. The standard InChI is InChI=1S/C12H21/c1-5-11(4)9-8-10-12(6-2)7-3/h6,9H,2,5,7-8,10H2,1,3-4H3/b11-9+,12-6+. The van der Waals surface area contributed by atoms with Gasteiger partial charge in [-0.15, -0.1) is 0 Å². The topological polar surface area (TPSA) is 0 Å². The summed E-state index contributed by atoms with van der Waals surface area (Å²) in [4.78, 5) is 0. The van der Waals surface area contributed by atoms with Crippen LogP contribution in [0.5, 0.6) is 0 Å². The molecule has 0 aliphatic rings. The molecule has 0 aromatic carbocycles.